The van der Waals surface area contributed by atoms with Gasteiger partial charge < -0.3 is 5.32 Å². The molecule has 0 fully saturated rings. The van der Waals surface area contributed by atoms with Crippen molar-refractivity contribution in [2.75, 3.05) is 5.32 Å². The van der Waals surface area contributed by atoms with Gasteiger partial charge in [-0.25, -0.2) is 0 Å². The monoisotopic (exact) mass is 359 g/mol. The summed E-state index contributed by atoms with van der Waals surface area (Å²) in [6, 6.07) is 31.0. The minimum absolute atomic E-state index is 0.0848. The fourth-order valence-electron chi connectivity index (χ4n) is 4.69. The zero-order valence-corrected chi connectivity index (χ0v) is 15.1. The van der Waals surface area contributed by atoms with Crippen LogP contribution >= 0.6 is 0 Å². The van der Waals surface area contributed by atoms with Crippen LogP contribution in [0.4, 0.5) is 5.69 Å². The fourth-order valence-corrected chi connectivity index (χ4v) is 4.69. The predicted molar refractivity (Wildman–Crippen MR) is 114 cm³/mol. The van der Waals surface area contributed by atoms with Crippen molar-refractivity contribution >= 4 is 27.9 Å². The molecule has 132 valence electrons. The number of benzene rings is 4. The Morgan fingerprint density at radius 3 is 2.25 bits per heavy atom. The van der Waals surface area contributed by atoms with Crippen molar-refractivity contribution in [2.45, 2.75) is 5.92 Å². The van der Waals surface area contributed by atoms with E-state index in [9.17, 15) is 4.79 Å². The Balaban J connectivity index is 1.70. The van der Waals surface area contributed by atoms with Gasteiger partial charge in [0.25, 0.3) is 0 Å². The third-order valence-electron chi connectivity index (χ3n) is 5.90. The lowest BCUT2D eigenvalue weighted by atomic mass is 9.78. The lowest BCUT2D eigenvalue weighted by Gasteiger charge is -2.30. The number of ketones is 1. The van der Waals surface area contributed by atoms with Gasteiger partial charge in [-0.2, -0.15) is 0 Å². The molecule has 2 heteroatoms. The van der Waals surface area contributed by atoms with Gasteiger partial charge in [0.2, 0.25) is 0 Å². The molecule has 0 radical (unpaired) electrons. The van der Waals surface area contributed by atoms with E-state index in [4.69, 9.17) is 0 Å². The summed E-state index contributed by atoms with van der Waals surface area (Å²) in [5, 5.41) is 5.98. The first-order valence-electron chi connectivity index (χ1n) is 9.55. The molecule has 4 aromatic carbocycles. The van der Waals surface area contributed by atoms with Crippen LogP contribution in [0.2, 0.25) is 0 Å². The molecule has 1 heterocycles. The van der Waals surface area contributed by atoms with Crippen molar-refractivity contribution in [3.8, 4) is 0 Å². The third kappa shape index (κ3) is 2.00. The van der Waals surface area contributed by atoms with Crippen LogP contribution < -0.4 is 5.32 Å². The van der Waals surface area contributed by atoms with Crippen LogP contribution in [-0.2, 0) is 0 Å². The average molecular weight is 359 g/mol. The molecule has 0 saturated carbocycles. The third-order valence-corrected chi connectivity index (χ3v) is 5.90. The maximum Gasteiger partial charge on any atom is 0.192 e. The van der Waals surface area contributed by atoms with Crippen molar-refractivity contribution in [1.29, 1.82) is 0 Å². The lowest BCUT2D eigenvalue weighted by Crippen LogP contribution is -2.19. The smallest absolute Gasteiger partial charge is 0.192 e. The van der Waals surface area contributed by atoms with Gasteiger partial charge in [0, 0.05) is 28.3 Å². The number of nitrogens with one attached hydrogen (secondary N) is 1. The van der Waals surface area contributed by atoms with Crippen LogP contribution in [0, 0.1) is 0 Å². The Morgan fingerprint density at radius 2 is 1.39 bits per heavy atom. The molecule has 1 unspecified atom stereocenters. The van der Waals surface area contributed by atoms with Gasteiger partial charge in [-0.05, 0) is 28.0 Å². The lowest BCUT2D eigenvalue weighted by molar-refractivity contribution is 0.103. The molecule has 1 N–H and O–H groups in total. The molecule has 2 aliphatic rings. The maximum atomic E-state index is 13.5. The first kappa shape index (κ1) is 15.4. The predicted octanol–water partition coefficient (Wildman–Crippen LogP) is 6.00. The van der Waals surface area contributed by atoms with E-state index in [-0.39, 0.29) is 11.7 Å². The molecule has 0 spiro atoms. The zero-order valence-electron chi connectivity index (χ0n) is 15.1. The van der Waals surface area contributed by atoms with E-state index in [1.807, 2.05) is 30.3 Å². The van der Waals surface area contributed by atoms with Gasteiger partial charge in [-0.1, -0.05) is 84.9 Å². The number of allylic oxidation sites excluding steroid dienone is 1. The van der Waals surface area contributed by atoms with E-state index < -0.39 is 0 Å². The number of carbonyl (C=O) groups is 1. The highest BCUT2D eigenvalue weighted by Crippen LogP contribution is 2.51. The van der Waals surface area contributed by atoms with Crippen molar-refractivity contribution in [1.82, 2.24) is 0 Å². The Kier molecular flexibility index (Phi) is 3.12. The topological polar surface area (TPSA) is 29.1 Å². The van der Waals surface area contributed by atoms with E-state index in [1.54, 1.807) is 0 Å². The van der Waals surface area contributed by atoms with Crippen molar-refractivity contribution in [2.24, 2.45) is 0 Å². The maximum absolute atomic E-state index is 13.5. The van der Waals surface area contributed by atoms with E-state index >= 15 is 0 Å². The number of fused-ring (bicyclic) bond motifs is 5. The Labute approximate surface area is 163 Å². The van der Waals surface area contributed by atoms with E-state index in [0.717, 1.165) is 33.6 Å². The summed E-state index contributed by atoms with van der Waals surface area (Å²) in [7, 11) is 0. The van der Waals surface area contributed by atoms with Gasteiger partial charge in [-0.15, -0.1) is 0 Å². The molecular formula is C26H17NO. The average Bonchev–Trinajstić information content (AvgIpc) is 3.05. The van der Waals surface area contributed by atoms with Gasteiger partial charge in [-0.3, -0.25) is 4.79 Å². The molecule has 1 aliphatic heterocycles. The summed E-state index contributed by atoms with van der Waals surface area (Å²) in [5.41, 5.74) is 7.02. The first-order valence-corrected chi connectivity index (χ1v) is 9.55. The first-order chi connectivity index (χ1) is 13.8. The molecule has 1 aliphatic carbocycles. The molecule has 6 rings (SSSR count). The number of Topliss-reactive ketones (excluding diaryl/α,β-unsaturated/α-hetero) is 1. The summed E-state index contributed by atoms with van der Waals surface area (Å²) in [4.78, 5) is 13.5. The highest BCUT2D eigenvalue weighted by atomic mass is 16.1. The van der Waals surface area contributed by atoms with Crippen molar-refractivity contribution < 1.29 is 4.79 Å². The number of anilines is 1. The molecular weight excluding hydrogens is 342 g/mol. The molecule has 28 heavy (non-hydrogen) atoms. The molecule has 0 saturated heterocycles. The van der Waals surface area contributed by atoms with E-state index in [2.05, 4.69) is 66.0 Å². The van der Waals surface area contributed by atoms with Crippen molar-refractivity contribution in [3.05, 3.63) is 119 Å². The molecule has 1 atom stereocenters. The SMILES string of the molecule is O=C1C2=C(Nc3ccc4ccccc4c3C2c2ccccc2)c2ccccc21. The normalized spacial score (nSPS) is 17.1. The minimum Gasteiger partial charge on any atom is -0.354 e. The van der Waals surface area contributed by atoms with E-state index in [0.29, 0.717) is 0 Å². The fraction of sp³-hybridized carbons (Fsp3) is 0.0385. The summed E-state index contributed by atoms with van der Waals surface area (Å²) in [5.74, 6) is 0.0454. The summed E-state index contributed by atoms with van der Waals surface area (Å²) < 4.78 is 0. The van der Waals surface area contributed by atoms with Gasteiger partial charge >= 0.3 is 0 Å². The second-order valence-corrected chi connectivity index (χ2v) is 7.38. The second kappa shape index (κ2) is 5.67. The van der Waals surface area contributed by atoms with E-state index in [1.165, 1.54) is 16.3 Å². The van der Waals surface area contributed by atoms with Crippen LogP contribution in [0.1, 0.15) is 33.0 Å². The van der Waals surface area contributed by atoms with Crippen LogP contribution in [0.5, 0.6) is 0 Å². The Morgan fingerprint density at radius 1 is 0.679 bits per heavy atom. The molecule has 4 aromatic rings. The number of carbonyl (C=O) groups excluding carboxylic acids is 1. The second-order valence-electron chi connectivity index (χ2n) is 7.38. The summed E-state index contributed by atoms with van der Waals surface area (Å²) >= 11 is 0. The number of hydrogen-bond acceptors (Lipinski definition) is 2. The van der Waals surface area contributed by atoms with Crippen LogP contribution in [0.15, 0.2) is 96.6 Å². The van der Waals surface area contributed by atoms with Gasteiger partial charge in [0.15, 0.2) is 5.78 Å². The quantitative estimate of drug-likeness (QED) is 0.451. The Bertz CT molecular complexity index is 1300. The van der Waals surface area contributed by atoms with Gasteiger partial charge in [0.05, 0.1) is 5.70 Å². The van der Waals surface area contributed by atoms with Crippen LogP contribution in [0.3, 0.4) is 0 Å². The number of hydrogen-bond donors (Lipinski definition) is 1. The summed E-state index contributed by atoms with van der Waals surface area (Å²) in [6.07, 6.45) is 0. The number of rotatable bonds is 1. The largest absolute Gasteiger partial charge is 0.354 e. The molecule has 0 amide bonds. The van der Waals surface area contributed by atoms with Crippen molar-refractivity contribution in [3.63, 3.8) is 0 Å². The molecule has 0 bridgehead atoms. The van der Waals surface area contributed by atoms with Crippen LogP contribution in [0.25, 0.3) is 16.5 Å². The molecule has 2 nitrogen and oxygen atoms in total. The van der Waals surface area contributed by atoms with Gasteiger partial charge in [0.1, 0.15) is 0 Å². The Hall–Kier alpha value is -3.65. The zero-order chi connectivity index (χ0) is 18.7. The van der Waals surface area contributed by atoms with Crippen LogP contribution in [-0.4, -0.2) is 5.78 Å². The minimum atomic E-state index is -0.0848. The highest BCUT2D eigenvalue weighted by molar-refractivity contribution is 6.24. The summed E-state index contributed by atoms with van der Waals surface area (Å²) in [6.45, 7) is 0. The highest BCUT2D eigenvalue weighted by Gasteiger charge is 2.40. The molecule has 0 aromatic heterocycles. The standard InChI is InChI=1S/C26H17NO/c28-26-20-13-7-6-12-19(20)25-24(26)22(17-9-2-1-3-10-17)23-18-11-5-4-8-16(18)14-15-21(23)27-25/h1-15,22,27H.